The van der Waals surface area contributed by atoms with Crippen molar-refractivity contribution in [3.8, 4) is 0 Å². The number of carboxylic acids is 1. The lowest BCUT2D eigenvalue weighted by Crippen LogP contribution is -2.16. The van der Waals surface area contributed by atoms with Crippen molar-refractivity contribution in [1.82, 2.24) is 4.98 Å². The van der Waals surface area contributed by atoms with Gasteiger partial charge in [0.15, 0.2) is 0 Å². The molecule has 2 N–H and O–H groups in total. The zero-order chi connectivity index (χ0) is 19.0. The van der Waals surface area contributed by atoms with Gasteiger partial charge < -0.3 is 5.11 Å². The van der Waals surface area contributed by atoms with Crippen molar-refractivity contribution in [2.24, 2.45) is 0 Å². The Morgan fingerprint density at radius 2 is 1.63 bits per heavy atom. The lowest BCUT2D eigenvalue weighted by atomic mass is 10.0. The lowest BCUT2D eigenvalue weighted by molar-refractivity contribution is 0.0700. The second-order valence-corrected chi connectivity index (χ2v) is 7.60. The smallest absolute Gasteiger partial charge is 0.338 e. The molecule has 0 unspecified atom stereocenters. The van der Waals surface area contributed by atoms with E-state index in [-0.39, 0.29) is 16.1 Å². The van der Waals surface area contributed by atoms with Crippen LogP contribution in [0.4, 0.5) is 5.69 Å². The Morgan fingerprint density at radius 3 is 2.44 bits per heavy atom. The predicted octanol–water partition coefficient (Wildman–Crippen LogP) is 3.89. The van der Waals surface area contributed by atoms with E-state index in [1.165, 1.54) is 18.3 Å². The number of fused-ring (bicyclic) bond motifs is 2. The standard InChI is InChI=1S/C20H14N2O4S/c23-20(24)18-15-8-2-1-5-13(15)10-11-16(18)22-27(25,26)17-9-3-6-14-7-4-12-21-19(14)17/h1-12,22H,(H,23,24). The molecule has 1 heterocycles. The van der Waals surface area contributed by atoms with Gasteiger partial charge in [-0.05, 0) is 29.0 Å². The SMILES string of the molecule is O=C(O)c1c(NS(=O)(=O)c2cccc3cccnc23)ccc2ccccc12. The molecule has 0 saturated carbocycles. The van der Waals surface area contributed by atoms with Crippen LogP contribution in [0, 0.1) is 0 Å². The zero-order valence-electron chi connectivity index (χ0n) is 14.0. The van der Waals surface area contributed by atoms with Gasteiger partial charge in [-0.25, -0.2) is 13.2 Å². The second-order valence-electron chi connectivity index (χ2n) is 5.95. The third-order valence-corrected chi connectivity index (χ3v) is 5.67. The van der Waals surface area contributed by atoms with Crippen molar-refractivity contribution >= 4 is 43.4 Å². The number of nitrogens with zero attached hydrogens (tertiary/aromatic N) is 1. The summed E-state index contributed by atoms with van der Waals surface area (Å²) in [7, 11) is -4.04. The largest absolute Gasteiger partial charge is 0.478 e. The van der Waals surface area contributed by atoms with Gasteiger partial charge in [0.2, 0.25) is 0 Å². The number of para-hydroxylation sites is 1. The molecule has 134 valence electrons. The Kier molecular flexibility index (Phi) is 4.01. The third-order valence-electron chi connectivity index (χ3n) is 4.27. The monoisotopic (exact) mass is 378 g/mol. The number of pyridine rings is 1. The molecule has 4 aromatic rings. The molecule has 0 saturated heterocycles. The first-order chi connectivity index (χ1) is 13.0. The van der Waals surface area contributed by atoms with E-state index in [0.717, 1.165) is 0 Å². The average molecular weight is 378 g/mol. The van der Waals surface area contributed by atoms with Gasteiger partial charge in [0, 0.05) is 11.6 Å². The Morgan fingerprint density at radius 1 is 0.889 bits per heavy atom. The van der Waals surface area contributed by atoms with Crippen LogP contribution in [0.5, 0.6) is 0 Å². The number of carboxylic acid groups (broad SMARTS) is 1. The number of aromatic nitrogens is 1. The Labute approximate surface area is 155 Å². The highest BCUT2D eigenvalue weighted by Gasteiger charge is 2.22. The van der Waals surface area contributed by atoms with Gasteiger partial charge in [-0.1, -0.05) is 48.5 Å². The van der Waals surface area contributed by atoms with Crippen LogP contribution < -0.4 is 4.72 Å². The molecule has 0 aliphatic carbocycles. The first kappa shape index (κ1) is 17.0. The summed E-state index contributed by atoms with van der Waals surface area (Å²) in [6, 6.07) is 18.4. The number of carbonyl (C=O) groups is 1. The summed E-state index contributed by atoms with van der Waals surface area (Å²) in [6.07, 6.45) is 1.51. The molecule has 0 fully saturated rings. The summed E-state index contributed by atoms with van der Waals surface area (Å²) in [4.78, 5) is 16.0. The summed E-state index contributed by atoms with van der Waals surface area (Å²) in [5.74, 6) is -1.21. The van der Waals surface area contributed by atoms with Crippen LogP contribution in [0.3, 0.4) is 0 Å². The normalized spacial score (nSPS) is 11.6. The van der Waals surface area contributed by atoms with Gasteiger partial charge in [-0.15, -0.1) is 0 Å². The maximum atomic E-state index is 13.0. The van der Waals surface area contributed by atoms with Gasteiger partial charge in [0.25, 0.3) is 10.0 Å². The van der Waals surface area contributed by atoms with E-state index >= 15 is 0 Å². The van der Waals surface area contributed by atoms with E-state index in [9.17, 15) is 18.3 Å². The fourth-order valence-electron chi connectivity index (χ4n) is 3.08. The van der Waals surface area contributed by atoms with E-state index in [2.05, 4.69) is 9.71 Å². The highest BCUT2D eigenvalue weighted by atomic mass is 32.2. The van der Waals surface area contributed by atoms with Crippen molar-refractivity contribution in [3.63, 3.8) is 0 Å². The van der Waals surface area contributed by atoms with Crippen molar-refractivity contribution in [1.29, 1.82) is 0 Å². The topological polar surface area (TPSA) is 96.4 Å². The minimum Gasteiger partial charge on any atom is -0.478 e. The third kappa shape index (κ3) is 2.98. The van der Waals surface area contributed by atoms with Crippen LogP contribution in [-0.4, -0.2) is 24.5 Å². The predicted molar refractivity (Wildman–Crippen MR) is 103 cm³/mol. The number of sulfonamides is 1. The van der Waals surface area contributed by atoms with E-state index in [1.54, 1.807) is 54.6 Å². The first-order valence-electron chi connectivity index (χ1n) is 8.09. The average Bonchev–Trinajstić information content (AvgIpc) is 2.66. The van der Waals surface area contributed by atoms with Gasteiger partial charge >= 0.3 is 5.97 Å². The van der Waals surface area contributed by atoms with E-state index in [4.69, 9.17) is 0 Å². The molecular weight excluding hydrogens is 364 g/mol. The van der Waals surface area contributed by atoms with Gasteiger partial charge in [-0.3, -0.25) is 9.71 Å². The molecule has 0 atom stereocenters. The summed E-state index contributed by atoms with van der Waals surface area (Å²) in [5.41, 5.74) is 0.240. The molecule has 0 spiro atoms. The van der Waals surface area contributed by atoms with Crippen molar-refractivity contribution in [3.05, 3.63) is 78.5 Å². The van der Waals surface area contributed by atoms with Crippen LogP contribution in [0.25, 0.3) is 21.7 Å². The van der Waals surface area contributed by atoms with Crippen LogP contribution in [-0.2, 0) is 10.0 Å². The van der Waals surface area contributed by atoms with Crippen molar-refractivity contribution in [2.45, 2.75) is 4.90 Å². The molecule has 0 aliphatic heterocycles. The highest BCUT2D eigenvalue weighted by molar-refractivity contribution is 7.93. The summed E-state index contributed by atoms with van der Waals surface area (Å²) in [5, 5.41) is 11.5. The second kappa shape index (κ2) is 6.37. The zero-order valence-corrected chi connectivity index (χ0v) is 14.8. The molecule has 0 amide bonds. The summed E-state index contributed by atoms with van der Waals surface area (Å²) >= 11 is 0. The van der Waals surface area contributed by atoms with E-state index < -0.39 is 16.0 Å². The van der Waals surface area contributed by atoms with Gasteiger partial charge in [-0.2, -0.15) is 0 Å². The molecular formula is C20H14N2O4S. The van der Waals surface area contributed by atoms with Crippen molar-refractivity contribution < 1.29 is 18.3 Å². The fraction of sp³-hybridized carbons (Fsp3) is 0. The number of rotatable bonds is 4. The number of benzene rings is 3. The van der Waals surface area contributed by atoms with E-state index in [1.807, 2.05) is 0 Å². The highest BCUT2D eigenvalue weighted by Crippen LogP contribution is 2.29. The van der Waals surface area contributed by atoms with Gasteiger partial charge in [0.05, 0.1) is 16.8 Å². The lowest BCUT2D eigenvalue weighted by Gasteiger charge is -2.13. The van der Waals surface area contributed by atoms with Crippen LogP contribution in [0.15, 0.2) is 77.8 Å². The number of hydrogen-bond donors (Lipinski definition) is 2. The maximum absolute atomic E-state index is 13.0. The molecule has 0 radical (unpaired) electrons. The number of aromatic carboxylic acids is 1. The van der Waals surface area contributed by atoms with Crippen LogP contribution >= 0.6 is 0 Å². The quantitative estimate of drug-likeness (QED) is 0.562. The maximum Gasteiger partial charge on any atom is 0.338 e. The number of hydrogen-bond acceptors (Lipinski definition) is 4. The Bertz CT molecular complexity index is 1290. The fourth-order valence-corrected chi connectivity index (χ4v) is 4.33. The number of nitrogens with one attached hydrogen (secondary N) is 1. The Balaban J connectivity index is 1.88. The molecule has 1 aromatic heterocycles. The van der Waals surface area contributed by atoms with E-state index in [0.29, 0.717) is 21.7 Å². The molecule has 3 aromatic carbocycles. The van der Waals surface area contributed by atoms with Crippen LogP contribution in [0.1, 0.15) is 10.4 Å². The Hall–Kier alpha value is -3.45. The minimum absolute atomic E-state index is 0.00846. The minimum atomic E-state index is -4.04. The summed E-state index contributed by atoms with van der Waals surface area (Å²) < 4.78 is 28.4. The first-order valence-corrected chi connectivity index (χ1v) is 9.57. The van der Waals surface area contributed by atoms with Crippen LogP contribution in [0.2, 0.25) is 0 Å². The van der Waals surface area contributed by atoms with Crippen molar-refractivity contribution in [2.75, 3.05) is 4.72 Å². The number of anilines is 1. The molecule has 4 rings (SSSR count). The molecule has 27 heavy (non-hydrogen) atoms. The van der Waals surface area contributed by atoms with Gasteiger partial charge in [0.1, 0.15) is 4.90 Å². The molecule has 6 nitrogen and oxygen atoms in total. The summed E-state index contributed by atoms with van der Waals surface area (Å²) in [6.45, 7) is 0. The molecule has 0 aliphatic rings. The molecule has 0 bridgehead atoms. The molecule has 7 heteroatoms.